The first kappa shape index (κ1) is 17.9. The Morgan fingerprint density at radius 1 is 1.15 bits per heavy atom. The summed E-state index contributed by atoms with van der Waals surface area (Å²) in [6.07, 6.45) is 0. The molecule has 1 aliphatic heterocycles. The van der Waals surface area contributed by atoms with Gasteiger partial charge in [0.15, 0.2) is 0 Å². The van der Waals surface area contributed by atoms with Crippen molar-refractivity contribution in [1.82, 2.24) is 4.98 Å². The van der Waals surface area contributed by atoms with E-state index in [0.717, 1.165) is 27.8 Å². The molecule has 0 saturated carbocycles. The monoisotopic (exact) mass is 385 g/mol. The van der Waals surface area contributed by atoms with Crippen molar-refractivity contribution in [3.8, 4) is 5.75 Å². The summed E-state index contributed by atoms with van der Waals surface area (Å²) >= 11 is 0. The number of benzene rings is 2. The van der Waals surface area contributed by atoms with E-state index < -0.39 is 10.6 Å². The number of pyridine rings is 1. The van der Waals surface area contributed by atoms with Crippen molar-refractivity contribution in [3.63, 3.8) is 0 Å². The van der Waals surface area contributed by atoms with Crippen LogP contribution in [0.2, 0.25) is 0 Å². The largest absolute Gasteiger partial charge is 0.497 e. The Labute approximate surface area is 159 Å². The maximum absolute atomic E-state index is 10.6. The average Bonchev–Trinajstić information content (AvgIpc) is 2.78. The normalized spacial score (nSPS) is 17.3. The molecule has 2 heterocycles. The van der Waals surface area contributed by atoms with E-state index in [1.54, 1.807) is 19.2 Å². The molecule has 4 rings (SSSR count). The Morgan fingerprint density at radius 3 is 2.74 bits per heavy atom. The van der Waals surface area contributed by atoms with Crippen molar-refractivity contribution in [1.29, 1.82) is 0 Å². The van der Waals surface area contributed by atoms with E-state index in [1.165, 1.54) is 0 Å². The molecule has 4 N–H and O–H groups in total. The number of hydrogen-bond donors (Lipinski definition) is 3. The second-order valence-electron chi connectivity index (χ2n) is 6.86. The number of nitrogens with zero attached hydrogens (tertiary/aromatic N) is 2. The van der Waals surface area contributed by atoms with Crippen LogP contribution in [0.25, 0.3) is 10.9 Å². The fourth-order valence-electron chi connectivity index (χ4n) is 3.47. The quantitative estimate of drug-likeness (QED) is 0.610. The van der Waals surface area contributed by atoms with Crippen LogP contribution in [0.3, 0.4) is 0 Å². The Morgan fingerprint density at radius 2 is 1.96 bits per heavy atom. The molecule has 7 heteroatoms. The molecule has 6 nitrogen and oxygen atoms in total. The number of aryl methyl sites for hydroxylation is 1. The summed E-state index contributed by atoms with van der Waals surface area (Å²) in [5.74, 6) is 1.67. The lowest BCUT2D eigenvalue weighted by Crippen LogP contribution is -2.26. The molecule has 0 atom stereocenters. The van der Waals surface area contributed by atoms with Crippen LogP contribution in [0.4, 0.5) is 11.5 Å². The third kappa shape index (κ3) is 3.29. The summed E-state index contributed by atoms with van der Waals surface area (Å²) < 4.78 is 26.5. The minimum atomic E-state index is -2.86. The molecule has 3 aromatic rings. The van der Waals surface area contributed by atoms with Gasteiger partial charge >= 0.3 is 0 Å². The van der Waals surface area contributed by atoms with Crippen LogP contribution < -0.4 is 15.4 Å². The van der Waals surface area contributed by atoms with Crippen LogP contribution in [0.1, 0.15) is 11.1 Å². The summed E-state index contributed by atoms with van der Waals surface area (Å²) in [6.45, 7) is 3.01. The van der Waals surface area contributed by atoms with Crippen molar-refractivity contribution >= 4 is 33.0 Å². The molecule has 0 aliphatic carbocycles. The molecule has 0 fully saturated rings. The zero-order valence-electron chi connectivity index (χ0n) is 15.3. The molecule has 0 unspecified atom stereocenters. The molecule has 0 amide bonds. The SMILES string of the molecule is COc1ccc2c(c1)CN(c1cc(N)c3cc(C)ccc3n1)CCS2(O)O. The van der Waals surface area contributed by atoms with Crippen LogP contribution in [-0.4, -0.2) is 33.5 Å². The van der Waals surface area contributed by atoms with Gasteiger partial charge in [-0.1, -0.05) is 11.6 Å². The highest BCUT2D eigenvalue weighted by Crippen LogP contribution is 2.52. The third-order valence-corrected chi connectivity index (χ3v) is 6.79. The van der Waals surface area contributed by atoms with Gasteiger partial charge in [0.2, 0.25) is 0 Å². The van der Waals surface area contributed by atoms with Crippen LogP contribution in [-0.2, 0) is 6.54 Å². The summed E-state index contributed by atoms with van der Waals surface area (Å²) in [4.78, 5) is 7.38. The van der Waals surface area contributed by atoms with E-state index in [4.69, 9.17) is 15.5 Å². The number of aromatic nitrogens is 1. The van der Waals surface area contributed by atoms with Crippen LogP contribution in [0.15, 0.2) is 47.4 Å². The standard InChI is InChI=1S/C20H23N3O3S/c1-13-3-5-18-16(9-13)17(21)11-20(22-18)23-7-8-27(24,25)19-6-4-15(26-2)10-14(19)12-23/h3-6,9-11,24-25H,7-8,12H2,1-2H3,(H2,21,22). The molecule has 0 bridgehead atoms. The smallest absolute Gasteiger partial charge is 0.131 e. The minimum Gasteiger partial charge on any atom is -0.497 e. The van der Waals surface area contributed by atoms with Gasteiger partial charge in [0.1, 0.15) is 11.6 Å². The number of hydrogen-bond acceptors (Lipinski definition) is 6. The second kappa shape index (κ2) is 6.60. The molecule has 0 saturated heterocycles. The number of ether oxygens (including phenoxy) is 1. The van der Waals surface area contributed by atoms with E-state index >= 15 is 0 Å². The van der Waals surface area contributed by atoms with Gasteiger partial charge in [0, 0.05) is 30.2 Å². The molecular weight excluding hydrogens is 362 g/mol. The zero-order chi connectivity index (χ0) is 19.2. The predicted octanol–water partition coefficient (Wildman–Crippen LogP) is 4.26. The van der Waals surface area contributed by atoms with Gasteiger partial charge < -0.3 is 15.4 Å². The maximum Gasteiger partial charge on any atom is 0.131 e. The second-order valence-corrected chi connectivity index (χ2v) is 9.04. The number of methoxy groups -OCH3 is 1. The highest BCUT2D eigenvalue weighted by Gasteiger charge is 2.27. The predicted molar refractivity (Wildman–Crippen MR) is 111 cm³/mol. The van der Waals surface area contributed by atoms with E-state index in [-0.39, 0.29) is 5.75 Å². The maximum atomic E-state index is 10.6. The first-order chi connectivity index (χ1) is 12.9. The Balaban J connectivity index is 1.78. The number of nitrogen functional groups attached to an aromatic ring is 1. The van der Waals surface area contributed by atoms with E-state index in [1.807, 2.05) is 42.2 Å². The molecule has 27 heavy (non-hydrogen) atoms. The molecule has 0 radical (unpaired) electrons. The van der Waals surface area contributed by atoms with E-state index in [0.29, 0.717) is 29.4 Å². The van der Waals surface area contributed by atoms with Gasteiger partial charge in [-0.2, -0.15) is 10.6 Å². The molecule has 1 aromatic heterocycles. The number of fused-ring (bicyclic) bond motifs is 2. The summed E-state index contributed by atoms with van der Waals surface area (Å²) in [5.41, 5.74) is 9.75. The molecule has 2 aromatic carbocycles. The Hall–Kier alpha value is -2.48. The van der Waals surface area contributed by atoms with Crippen molar-refractivity contribution in [2.24, 2.45) is 0 Å². The fraction of sp³-hybridized carbons (Fsp3) is 0.250. The highest BCUT2D eigenvalue weighted by atomic mass is 32.3. The van der Waals surface area contributed by atoms with Crippen molar-refractivity contribution in [2.45, 2.75) is 18.4 Å². The van der Waals surface area contributed by atoms with Crippen molar-refractivity contribution < 1.29 is 13.8 Å². The summed E-state index contributed by atoms with van der Waals surface area (Å²) in [7, 11) is -1.26. The van der Waals surface area contributed by atoms with Crippen LogP contribution >= 0.6 is 10.6 Å². The van der Waals surface area contributed by atoms with E-state index in [9.17, 15) is 9.11 Å². The van der Waals surface area contributed by atoms with Gasteiger partial charge in [-0.25, -0.2) is 4.98 Å². The van der Waals surface area contributed by atoms with Crippen molar-refractivity contribution in [3.05, 3.63) is 53.6 Å². The lowest BCUT2D eigenvalue weighted by molar-refractivity contribution is 0.413. The third-order valence-electron chi connectivity index (χ3n) is 4.93. The summed E-state index contributed by atoms with van der Waals surface area (Å²) in [5, 5.41) is 0.930. The first-order valence-corrected chi connectivity index (χ1v) is 10.4. The molecular formula is C20H23N3O3S. The molecule has 1 aliphatic rings. The van der Waals surface area contributed by atoms with Gasteiger partial charge in [0.25, 0.3) is 0 Å². The Kier molecular flexibility index (Phi) is 4.38. The van der Waals surface area contributed by atoms with Gasteiger partial charge in [0.05, 0.1) is 23.3 Å². The molecule has 142 valence electrons. The average molecular weight is 385 g/mol. The van der Waals surface area contributed by atoms with Gasteiger partial charge in [-0.15, -0.1) is 0 Å². The lowest BCUT2D eigenvalue weighted by Gasteiger charge is -2.32. The number of rotatable bonds is 2. The van der Waals surface area contributed by atoms with Crippen LogP contribution in [0.5, 0.6) is 5.75 Å². The Bertz CT molecular complexity index is 1020. The number of nitrogens with two attached hydrogens (primary N) is 1. The molecule has 0 spiro atoms. The van der Waals surface area contributed by atoms with Crippen molar-refractivity contribution in [2.75, 3.05) is 30.0 Å². The van der Waals surface area contributed by atoms with Gasteiger partial charge in [-0.3, -0.25) is 9.11 Å². The van der Waals surface area contributed by atoms with E-state index in [2.05, 4.69) is 0 Å². The lowest BCUT2D eigenvalue weighted by atomic mass is 10.1. The van der Waals surface area contributed by atoms with Crippen LogP contribution in [0, 0.1) is 6.92 Å². The first-order valence-electron chi connectivity index (χ1n) is 8.72. The van der Waals surface area contributed by atoms with Gasteiger partial charge in [-0.05, 0) is 42.8 Å². The topological polar surface area (TPSA) is 91.8 Å². The minimum absolute atomic E-state index is 0.250. The summed E-state index contributed by atoms with van der Waals surface area (Å²) in [6, 6.07) is 13.2. The fourth-order valence-corrected chi connectivity index (χ4v) is 4.99. The highest BCUT2D eigenvalue weighted by molar-refractivity contribution is 8.24. The number of anilines is 2. The zero-order valence-corrected chi connectivity index (χ0v) is 16.2.